The number of amides is 1. The lowest BCUT2D eigenvalue weighted by Gasteiger charge is -2.48. The highest BCUT2D eigenvalue weighted by molar-refractivity contribution is 5.83. The molecule has 2 aromatic heterocycles. The van der Waals surface area contributed by atoms with Crippen molar-refractivity contribution >= 4 is 17.0 Å². The van der Waals surface area contributed by atoms with Gasteiger partial charge in [0, 0.05) is 29.9 Å². The Morgan fingerprint density at radius 3 is 2.54 bits per heavy atom. The minimum absolute atomic E-state index is 0.0472. The van der Waals surface area contributed by atoms with E-state index in [1.54, 1.807) is 6.07 Å². The molecule has 2 saturated heterocycles. The number of rotatable bonds is 4. The number of hydrogen-bond donors (Lipinski definition) is 0. The van der Waals surface area contributed by atoms with Crippen molar-refractivity contribution in [3.05, 3.63) is 35.6 Å². The van der Waals surface area contributed by atoms with Crippen LogP contribution in [0.1, 0.15) is 77.8 Å². The van der Waals surface area contributed by atoms with Gasteiger partial charge in [0.1, 0.15) is 16.9 Å². The summed E-state index contributed by atoms with van der Waals surface area (Å²) in [6.45, 7) is 13.2. The topological polar surface area (TPSA) is 89.5 Å². The Labute approximate surface area is 216 Å². The summed E-state index contributed by atoms with van der Waals surface area (Å²) < 4.78 is 27.3. The van der Waals surface area contributed by atoms with Crippen LogP contribution in [-0.2, 0) is 11.2 Å². The van der Waals surface area contributed by atoms with Crippen LogP contribution in [0.2, 0.25) is 0 Å². The molecule has 0 saturated carbocycles. The molecular weight excluding hydrogens is 475 g/mol. The van der Waals surface area contributed by atoms with E-state index in [0.717, 1.165) is 49.9 Å². The molecule has 2 fully saturated rings. The van der Waals surface area contributed by atoms with Gasteiger partial charge in [-0.05, 0) is 84.1 Å². The van der Waals surface area contributed by atoms with Gasteiger partial charge in [-0.1, -0.05) is 19.1 Å². The fourth-order valence-electron chi connectivity index (χ4n) is 5.55. The predicted molar refractivity (Wildman–Crippen MR) is 137 cm³/mol. The van der Waals surface area contributed by atoms with E-state index in [1.807, 2.05) is 38.7 Å². The van der Waals surface area contributed by atoms with Crippen LogP contribution in [-0.4, -0.2) is 73.1 Å². The Balaban J connectivity index is 1.22. The maximum Gasteiger partial charge on any atom is 0.410 e. The van der Waals surface area contributed by atoms with Crippen LogP contribution in [0.5, 0.6) is 0 Å². The van der Waals surface area contributed by atoms with Gasteiger partial charge in [-0.3, -0.25) is 4.90 Å². The summed E-state index contributed by atoms with van der Waals surface area (Å²) in [6.07, 6.45) is 4.10. The van der Waals surface area contributed by atoms with Crippen LogP contribution in [0.3, 0.4) is 0 Å². The van der Waals surface area contributed by atoms with Gasteiger partial charge >= 0.3 is 6.09 Å². The molecule has 4 heterocycles. The third-order valence-electron chi connectivity index (χ3n) is 7.79. The van der Waals surface area contributed by atoms with Gasteiger partial charge in [0.25, 0.3) is 5.95 Å². The van der Waals surface area contributed by atoms with Crippen molar-refractivity contribution < 1.29 is 18.4 Å². The number of ether oxygens (including phenoxy) is 1. The van der Waals surface area contributed by atoms with Crippen molar-refractivity contribution in [1.82, 2.24) is 29.7 Å². The number of fused-ring (bicyclic) bond motifs is 1. The van der Waals surface area contributed by atoms with Crippen LogP contribution in [0.4, 0.5) is 9.18 Å². The Kier molecular flexibility index (Phi) is 6.72. The van der Waals surface area contributed by atoms with E-state index >= 15 is 0 Å². The van der Waals surface area contributed by atoms with E-state index in [0.29, 0.717) is 30.9 Å². The second kappa shape index (κ2) is 9.70. The molecule has 0 spiro atoms. The maximum atomic E-state index is 14.7. The van der Waals surface area contributed by atoms with Gasteiger partial charge in [-0.2, -0.15) is 14.8 Å². The van der Waals surface area contributed by atoms with Crippen molar-refractivity contribution in [2.24, 2.45) is 0 Å². The molecule has 2 aliphatic rings. The molecule has 200 valence electrons. The number of halogens is 1. The highest BCUT2D eigenvalue weighted by Crippen LogP contribution is 2.36. The second-order valence-corrected chi connectivity index (χ2v) is 11.5. The number of aryl methyl sites for hydroxylation is 1. The van der Waals surface area contributed by atoms with E-state index in [9.17, 15) is 9.18 Å². The monoisotopic (exact) mass is 512 g/mol. The summed E-state index contributed by atoms with van der Waals surface area (Å²) in [5.41, 5.74) is 0.754. The average Bonchev–Trinajstić information content (AvgIpc) is 3.49. The lowest BCUT2D eigenvalue weighted by molar-refractivity contribution is -0.00859. The SMILES string of the molecule is CCc1nn(-c2noc(C3CCN(C4(C)CCN(C(=O)OC(C)(C)C)CC4)CC3)n2)c2c(F)cccc12. The zero-order valence-corrected chi connectivity index (χ0v) is 22.5. The number of para-hydroxylation sites is 1. The number of hydrogen-bond acceptors (Lipinski definition) is 7. The van der Waals surface area contributed by atoms with Crippen LogP contribution in [0.25, 0.3) is 16.9 Å². The minimum Gasteiger partial charge on any atom is -0.444 e. The quantitative estimate of drug-likeness (QED) is 0.482. The first kappa shape index (κ1) is 25.6. The van der Waals surface area contributed by atoms with E-state index in [2.05, 4.69) is 27.1 Å². The molecule has 5 rings (SSSR count). The Bertz CT molecular complexity index is 1260. The standard InChI is InChI=1S/C27H37FN6O3/c1-6-21-19-8-7-9-20(28)22(19)34(30-21)24-29-23(37-31-24)18-10-14-33(15-11-18)27(5)12-16-32(17-13-27)25(35)36-26(2,3)4/h7-9,18H,6,10-17H2,1-5H3. The molecule has 0 radical (unpaired) electrons. The van der Waals surface area contributed by atoms with Crippen molar-refractivity contribution in [3.8, 4) is 5.95 Å². The van der Waals surface area contributed by atoms with Gasteiger partial charge < -0.3 is 14.2 Å². The molecule has 0 aliphatic carbocycles. The number of likely N-dealkylation sites (tertiary alicyclic amines) is 2. The van der Waals surface area contributed by atoms with Crippen LogP contribution in [0, 0.1) is 5.82 Å². The maximum absolute atomic E-state index is 14.7. The van der Waals surface area contributed by atoms with E-state index in [-0.39, 0.29) is 29.3 Å². The van der Waals surface area contributed by atoms with Gasteiger partial charge in [-0.25, -0.2) is 9.18 Å². The molecule has 0 N–H and O–H groups in total. The molecular formula is C27H37FN6O3. The zero-order chi connectivity index (χ0) is 26.4. The molecule has 9 nitrogen and oxygen atoms in total. The second-order valence-electron chi connectivity index (χ2n) is 11.5. The van der Waals surface area contributed by atoms with Gasteiger partial charge in [0.15, 0.2) is 0 Å². The summed E-state index contributed by atoms with van der Waals surface area (Å²) >= 11 is 0. The molecule has 0 bridgehead atoms. The third-order valence-corrected chi connectivity index (χ3v) is 7.79. The van der Waals surface area contributed by atoms with E-state index in [4.69, 9.17) is 9.26 Å². The normalized spacial score (nSPS) is 19.5. The summed E-state index contributed by atoms with van der Waals surface area (Å²) in [5, 5.41) is 9.49. The van der Waals surface area contributed by atoms with Crippen LogP contribution in [0.15, 0.2) is 22.7 Å². The number of carbonyl (C=O) groups excluding carboxylic acids is 1. The molecule has 37 heavy (non-hydrogen) atoms. The van der Waals surface area contributed by atoms with Crippen molar-refractivity contribution in [2.45, 2.75) is 83.8 Å². The summed E-state index contributed by atoms with van der Waals surface area (Å²) in [6, 6.07) is 4.99. The first-order valence-electron chi connectivity index (χ1n) is 13.3. The molecule has 10 heteroatoms. The van der Waals surface area contributed by atoms with Gasteiger partial charge in [-0.15, -0.1) is 0 Å². The van der Waals surface area contributed by atoms with E-state index in [1.165, 1.54) is 10.7 Å². The molecule has 1 aromatic carbocycles. The first-order valence-corrected chi connectivity index (χ1v) is 13.3. The molecule has 1 amide bonds. The smallest absolute Gasteiger partial charge is 0.410 e. The summed E-state index contributed by atoms with van der Waals surface area (Å²) in [7, 11) is 0. The number of piperidine rings is 2. The lowest BCUT2D eigenvalue weighted by Crippen LogP contribution is -2.56. The number of aromatic nitrogens is 4. The fourth-order valence-corrected chi connectivity index (χ4v) is 5.55. The largest absolute Gasteiger partial charge is 0.444 e. The molecule has 2 aliphatic heterocycles. The third kappa shape index (κ3) is 5.08. The van der Waals surface area contributed by atoms with Gasteiger partial charge in [0.05, 0.1) is 5.69 Å². The summed E-state index contributed by atoms with van der Waals surface area (Å²) in [4.78, 5) is 21.5. The minimum atomic E-state index is -0.481. The molecule has 3 aromatic rings. The van der Waals surface area contributed by atoms with Gasteiger partial charge in [0.2, 0.25) is 5.89 Å². The first-order chi connectivity index (χ1) is 17.6. The highest BCUT2D eigenvalue weighted by Gasteiger charge is 2.40. The fraction of sp³-hybridized carbons (Fsp3) is 0.630. The predicted octanol–water partition coefficient (Wildman–Crippen LogP) is 5.08. The Morgan fingerprint density at radius 1 is 1.19 bits per heavy atom. The van der Waals surface area contributed by atoms with Crippen molar-refractivity contribution in [3.63, 3.8) is 0 Å². The lowest BCUT2D eigenvalue weighted by atomic mass is 9.84. The summed E-state index contributed by atoms with van der Waals surface area (Å²) in [5.74, 6) is 0.655. The number of nitrogens with zero attached hydrogens (tertiary/aromatic N) is 6. The molecule has 0 atom stereocenters. The average molecular weight is 513 g/mol. The van der Waals surface area contributed by atoms with Crippen molar-refractivity contribution in [2.75, 3.05) is 26.2 Å². The number of benzene rings is 1. The zero-order valence-electron chi connectivity index (χ0n) is 22.5. The van der Waals surface area contributed by atoms with Crippen molar-refractivity contribution in [1.29, 1.82) is 0 Å². The molecule has 0 unspecified atom stereocenters. The van der Waals surface area contributed by atoms with E-state index < -0.39 is 5.60 Å². The number of carbonyl (C=O) groups is 1. The van der Waals surface area contributed by atoms with Crippen LogP contribution >= 0.6 is 0 Å². The van der Waals surface area contributed by atoms with Crippen LogP contribution < -0.4 is 0 Å². The highest BCUT2D eigenvalue weighted by atomic mass is 19.1. The Morgan fingerprint density at radius 2 is 1.89 bits per heavy atom. The Hall–Kier alpha value is -3.01.